The van der Waals surface area contributed by atoms with E-state index in [0.29, 0.717) is 0 Å². The number of amides is 2. The number of esters is 1. The Morgan fingerprint density at radius 2 is 1.89 bits per heavy atom. The molecule has 0 saturated carbocycles. The lowest BCUT2D eigenvalue weighted by Crippen LogP contribution is -2.49. The second-order valence-corrected chi connectivity index (χ2v) is 3.59. The number of methoxy groups -OCH3 is 1. The molecule has 2 amide bonds. The second kappa shape index (κ2) is 6.81. The Labute approximate surface area is 106 Å². The summed E-state index contributed by atoms with van der Waals surface area (Å²) in [6.45, 7) is -1.54. The quantitative estimate of drug-likeness (QED) is 0.704. The fraction of sp³-hybridized carbons (Fsp3) is 0.667. The Morgan fingerprint density at radius 3 is 2.26 bits per heavy atom. The summed E-state index contributed by atoms with van der Waals surface area (Å²) < 4.78 is 40.3. The van der Waals surface area contributed by atoms with Crippen molar-refractivity contribution in [1.82, 2.24) is 10.2 Å². The molecule has 0 unspecified atom stereocenters. The molecule has 110 valence electrons. The minimum absolute atomic E-state index is 0.257. The van der Waals surface area contributed by atoms with Gasteiger partial charge < -0.3 is 20.1 Å². The molecular weight excluding hydrogens is 273 g/mol. The standard InChI is InChI=1S/C9H13F3N2O5/c1-14(4-9(10,11)12)8(18)13-5(7(16)17)3-6(15)19-2/h5H,3-4H2,1-2H3,(H,13,18)(H,16,17)/t5-/m0/s1. The van der Waals surface area contributed by atoms with Gasteiger partial charge in [0.15, 0.2) is 0 Å². The number of hydrogen-bond donors (Lipinski definition) is 2. The van der Waals surface area contributed by atoms with Crippen LogP contribution in [0, 0.1) is 0 Å². The molecule has 0 aliphatic heterocycles. The van der Waals surface area contributed by atoms with Crippen LogP contribution in [0.3, 0.4) is 0 Å². The monoisotopic (exact) mass is 286 g/mol. The Bertz CT molecular complexity index is 358. The highest BCUT2D eigenvalue weighted by molar-refractivity contribution is 5.86. The number of ether oxygens (including phenoxy) is 1. The van der Waals surface area contributed by atoms with Crippen LogP contribution in [0.15, 0.2) is 0 Å². The number of nitrogens with one attached hydrogen (secondary N) is 1. The van der Waals surface area contributed by atoms with Gasteiger partial charge in [-0.05, 0) is 0 Å². The lowest BCUT2D eigenvalue weighted by molar-refractivity contribution is -0.147. The minimum Gasteiger partial charge on any atom is -0.480 e. The lowest BCUT2D eigenvalue weighted by Gasteiger charge is -2.21. The predicted molar refractivity (Wildman–Crippen MR) is 55.3 cm³/mol. The summed E-state index contributed by atoms with van der Waals surface area (Å²) in [7, 11) is 1.86. The summed E-state index contributed by atoms with van der Waals surface area (Å²) in [5, 5.41) is 10.5. The van der Waals surface area contributed by atoms with E-state index in [9.17, 15) is 27.6 Å². The van der Waals surface area contributed by atoms with Gasteiger partial charge in [0, 0.05) is 7.05 Å². The largest absolute Gasteiger partial charge is 0.480 e. The zero-order valence-corrected chi connectivity index (χ0v) is 10.2. The Kier molecular flexibility index (Phi) is 6.09. The molecule has 0 saturated heterocycles. The van der Waals surface area contributed by atoms with Crippen molar-refractivity contribution in [3.8, 4) is 0 Å². The molecule has 0 bridgehead atoms. The first-order valence-electron chi connectivity index (χ1n) is 4.95. The molecule has 0 radical (unpaired) electrons. The highest BCUT2D eigenvalue weighted by Crippen LogP contribution is 2.15. The molecule has 0 aliphatic rings. The molecule has 0 aromatic carbocycles. The van der Waals surface area contributed by atoms with Gasteiger partial charge in [0.25, 0.3) is 0 Å². The number of nitrogens with zero attached hydrogens (tertiary/aromatic N) is 1. The third kappa shape index (κ3) is 7.11. The van der Waals surface area contributed by atoms with Gasteiger partial charge >= 0.3 is 24.1 Å². The molecule has 7 nitrogen and oxygen atoms in total. The third-order valence-electron chi connectivity index (χ3n) is 1.96. The number of aliphatic carboxylic acids is 1. The van der Waals surface area contributed by atoms with Crippen LogP contribution < -0.4 is 5.32 Å². The van der Waals surface area contributed by atoms with Crippen LogP contribution in [0.25, 0.3) is 0 Å². The van der Waals surface area contributed by atoms with E-state index in [1.807, 2.05) is 0 Å². The van der Waals surface area contributed by atoms with Crippen molar-refractivity contribution in [2.75, 3.05) is 20.7 Å². The van der Waals surface area contributed by atoms with Crippen molar-refractivity contribution in [3.63, 3.8) is 0 Å². The average molecular weight is 286 g/mol. The molecule has 0 aliphatic carbocycles. The van der Waals surface area contributed by atoms with E-state index in [1.54, 1.807) is 5.32 Å². The predicted octanol–water partition coefficient (Wildman–Crippen LogP) is 0.206. The van der Waals surface area contributed by atoms with Crippen LogP contribution in [-0.4, -0.2) is 60.9 Å². The molecule has 2 N–H and O–H groups in total. The summed E-state index contributed by atoms with van der Waals surface area (Å²) >= 11 is 0. The zero-order valence-electron chi connectivity index (χ0n) is 10.2. The van der Waals surface area contributed by atoms with E-state index in [1.165, 1.54) is 0 Å². The number of hydrogen-bond acceptors (Lipinski definition) is 4. The molecule has 0 heterocycles. The number of carbonyl (C=O) groups excluding carboxylic acids is 2. The van der Waals surface area contributed by atoms with E-state index in [4.69, 9.17) is 5.11 Å². The summed E-state index contributed by atoms with van der Waals surface area (Å²) in [5.74, 6) is -2.47. The fourth-order valence-corrected chi connectivity index (χ4v) is 1.05. The van der Waals surface area contributed by atoms with Crippen LogP contribution in [-0.2, 0) is 14.3 Å². The number of rotatable bonds is 5. The van der Waals surface area contributed by atoms with Crippen molar-refractivity contribution in [1.29, 1.82) is 0 Å². The average Bonchev–Trinajstić information content (AvgIpc) is 2.25. The number of urea groups is 1. The number of carboxylic acid groups (broad SMARTS) is 1. The van der Waals surface area contributed by atoms with Crippen LogP contribution in [0.4, 0.5) is 18.0 Å². The van der Waals surface area contributed by atoms with Crippen LogP contribution in [0.2, 0.25) is 0 Å². The number of carbonyl (C=O) groups is 3. The number of alkyl halides is 3. The molecular formula is C9H13F3N2O5. The van der Waals surface area contributed by atoms with Gasteiger partial charge in [0.2, 0.25) is 0 Å². The van der Waals surface area contributed by atoms with Gasteiger partial charge in [-0.25, -0.2) is 9.59 Å². The van der Waals surface area contributed by atoms with Crippen LogP contribution >= 0.6 is 0 Å². The van der Waals surface area contributed by atoms with Crippen molar-refractivity contribution >= 4 is 18.0 Å². The molecule has 0 fully saturated rings. The SMILES string of the molecule is COC(=O)C[C@H](NC(=O)N(C)CC(F)(F)F)C(=O)O. The first kappa shape index (κ1) is 17.0. The highest BCUT2D eigenvalue weighted by atomic mass is 19.4. The maximum absolute atomic E-state index is 12.0. The maximum Gasteiger partial charge on any atom is 0.406 e. The number of halogens is 3. The van der Waals surface area contributed by atoms with Gasteiger partial charge in [-0.3, -0.25) is 4.79 Å². The molecule has 19 heavy (non-hydrogen) atoms. The van der Waals surface area contributed by atoms with Gasteiger partial charge in [0.05, 0.1) is 13.5 Å². The first-order valence-corrected chi connectivity index (χ1v) is 4.95. The summed E-state index contributed by atoms with van der Waals surface area (Å²) in [6.07, 6.45) is -5.29. The van der Waals surface area contributed by atoms with Crippen LogP contribution in [0.1, 0.15) is 6.42 Å². The molecule has 0 spiro atoms. The van der Waals surface area contributed by atoms with Gasteiger partial charge in [-0.2, -0.15) is 13.2 Å². The molecule has 0 aromatic heterocycles. The van der Waals surface area contributed by atoms with Crippen molar-refractivity contribution in [3.05, 3.63) is 0 Å². The van der Waals surface area contributed by atoms with E-state index >= 15 is 0 Å². The lowest BCUT2D eigenvalue weighted by atomic mass is 10.2. The Morgan fingerprint density at radius 1 is 1.37 bits per heavy atom. The Balaban J connectivity index is 4.55. The summed E-state index contributed by atoms with van der Waals surface area (Å²) in [4.78, 5) is 33.2. The zero-order chi connectivity index (χ0) is 15.2. The highest BCUT2D eigenvalue weighted by Gasteiger charge is 2.33. The van der Waals surface area contributed by atoms with Gasteiger partial charge in [0.1, 0.15) is 12.6 Å². The number of carboxylic acids is 1. The third-order valence-corrected chi connectivity index (χ3v) is 1.96. The second-order valence-electron chi connectivity index (χ2n) is 3.59. The topological polar surface area (TPSA) is 95.9 Å². The molecule has 10 heteroatoms. The summed E-state index contributed by atoms with van der Waals surface area (Å²) in [6, 6.07) is -2.91. The molecule has 1 atom stereocenters. The van der Waals surface area contributed by atoms with Gasteiger partial charge in [-0.1, -0.05) is 0 Å². The van der Waals surface area contributed by atoms with E-state index in [2.05, 4.69) is 4.74 Å². The maximum atomic E-state index is 12.0. The first-order chi connectivity index (χ1) is 8.56. The van der Waals surface area contributed by atoms with Crippen molar-refractivity contribution < 1.29 is 37.4 Å². The Hall–Kier alpha value is -2.00. The van der Waals surface area contributed by atoms with Crippen LogP contribution in [0.5, 0.6) is 0 Å². The normalized spacial score (nSPS) is 12.5. The minimum atomic E-state index is -4.60. The molecule has 0 aromatic rings. The van der Waals surface area contributed by atoms with E-state index in [0.717, 1.165) is 14.2 Å². The van der Waals surface area contributed by atoms with E-state index < -0.39 is 43.2 Å². The summed E-state index contributed by atoms with van der Waals surface area (Å²) in [5.41, 5.74) is 0. The van der Waals surface area contributed by atoms with Crippen molar-refractivity contribution in [2.45, 2.75) is 18.6 Å². The fourth-order valence-electron chi connectivity index (χ4n) is 1.05. The molecule has 0 rings (SSSR count). The van der Waals surface area contributed by atoms with E-state index in [-0.39, 0.29) is 4.90 Å². The van der Waals surface area contributed by atoms with Gasteiger partial charge in [-0.15, -0.1) is 0 Å². The smallest absolute Gasteiger partial charge is 0.406 e. The van der Waals surface area contributed by atoms with Crippen molar-refractivity contribution in [2.24, 2.45) is 0 Å².